The van der Waals surface area contributed by atoms with Crippen LogP contribution in [0.1, 0.15) is 20.3 Å². The highest BCUT2D eigenvalue weighted by Gasteiger charge is 2.56. The summed E-state index contributed by atoms with van der Waals surface area (Å²) in [7, 11) is -4.53. The summed E-state index contributed by atoms with van der Waals surface area (Å²) in [4.78, 5) is 19.3. The number of hydrogen-bond donors (Lipinski definition) is 2. The molecule has 2 fully saturated rings. The van der Waals surface area contributed by atoms with Crippen LogP contribution in [0.3, 0.4) is 0 Å². The van der Waals surface area contributed by atoms with Crippen molar-refractivity contribution in [1.29, 1.82) is 0 Å². The fourth-order valence-electron chi connectivity index (χ4n) is 3.09. The van der Waals surface area contributed by atoms with Gasteiger partial charge in [-0.25, -0.2) is 0 Å². The molecule has 6 heteroatoms. The molecule has 19 heavy (non-hydrogen) atoms. The van der Waals surface area contributed by atoms with Gasteiger partial charge in [0.2, 0.25) is 0 Å². The first kappa shape index (κ1) is 15.8. The standard InChI is InChI=1S/C13H26O4P2/c1-8-12(17-18(3,4)5)9(2)16-13(8)10-7-11(10)19(6,14)15/h8-15H,3,6-7H2,1-2,4-5H3. The van der Waals surface area contributed by atoms with Gasteiger partial charge in [-0.1, -0.05) is 19.5 Å². The van der Waals surface area contributed by atoms with Crippen molar-refractivity contribution < 1.29 is 19.0 Å². The lowest BCUT2D eigenvalue weighted by molar-refractivity contribution is 0.0196. The molecule has 0 aromatic heterocycles. The third-order valence-electron chi connectivity index (χ3n) is 4.04. The van der Waals surface area contributed by atoms with Crippen molar-refractivity contribution in [2.75, 3.05) is 13.3 Å². The van der Waals surface area contributed by atoms with Gasteiger partial charge in [-0.15, -0.1) is 0 Å². The smallest absolute Gasteiger partial charge is 0.115 e. The molecule has 2 aliphatic rings. The second kappa shape index (κ2) is 5.02. The second-order valence-corrected chi connectivity index (χ2v) is 12.2. The Morgan fingerprint density at radius 1 is 1.21 bits per heavy atom. The first-order valence-corrected chi connectivity index (χ1v) is 11.4. The van der Waals surface area contributed by atoms with Crippen LogP contribution in [0.5, 0.6) is 0 Å². The van der Waals surface area contributed by atoms with E-state index in [1.807, 2.05) is 20.3 Å². The summed E-state index contributed by atoms with van der Waals surface area (Å²) < 4.78 is 12.1. The van der Waals surface area contributed by atoms with Gasteiger partial charge in [-0.05, 0) is 39.7 Å². The van der Waals surface area contributed by atoms with Gasteiger partial charge < -0.3 is 19.0 Å². The minimum Gasteiger partial charge on any atom is -0.372 e. The summed E-state index contributed by atoms with van der Waals surface area (Å²) in [5.41, 5.74) is -0.0755. The zero-order valence-electron chi connectivity index (χ0n) is 12.2. The minimum atomic E-state index is -2.97. The molecule has 0 radical (unpaired) electrons. The Hall–Kier alpha value is 0.440. The SMILES string of the molecule is C=P(C)(C)OC1C(C)OC(C2CC2P(=C)(O)O)C1C. The van der Waals surface area contributed by atoms with Gasteiger partial charge in [-0.2, -0.15) is 0 Å². The molecule has 0 amide bonds. The van der Waals surface area contributed by atoms with Crippen molar-refractivity contribution in [2.24, 2.45) is 11.8 Å². The van der Waals surface area contributed by atoms with E-state index in [0.29, 0.717) is 0 Å². The quantitative estimate of drug-likeness (QED) is 0.781. The maximum absolute atomic E-state index is 9.66. The van der Waals surface area contributed by atoms with E-state index < -0.39 is 14.5 Å². The topological polar surface area (TPSA) is 58.9 Å². The Morgan fingerprint density at radius 3 is 2.21 bits per heavy atom. The van der Waals surface area contributed by atoms with Crippen LogP contribution in [0.2, 0.25) is 0 Å². The highest BCUT2D eigenvalue weighted by molar-refractivity contribution is 7.67. The zero-order chi connectivity index (χ0) is 14.6. The van der Waals surface area contributed by atoms with E-state index >= 15 is 0 Å². The van der Waals surface area contributed by atoms with Crippen molar-refractivity contribution in [3.8, 4) is 0 Å². The Morgan fingerprint density at radius 2 is 1.79 bits per heavy atom. The Labute approximate surface area is 116 Å². The van der Waals surface area contributed by atoms with Crippen LogP contribution in [0.4, 0.5) is 0 Å². The monoisotopic (exact) mass is 308 g/mol. The molecule has 1 heterocycles. The van der Waals surface area contributed by atoms with Crippen LogP contribution in [0.25, 0.3) is 0 Å². The van der Waals surface area contributed by atoms with E-state index in [1.165, 1.54) is 0 Å². The molecular formula is C13H26O4P2. The molecule has 1 saturated carbocycles. The van der Waals surface area contributed by atoms with Crippen molar-refractivity contribution in [3.05, 3.63) is 0 Å². The van der Waals surface area contributed by atoms with Crippen molar-refractivity contribution >= 4 is 27.1 Å². The molecule has 0 aromatic rings. The number of hydrogen-bond acceptors (Lipinski definition) is 4. The van der Waals surface area contributed by atoms with Crippen LogP contribution in [-0.2, 0) is 9.26 Å². The maximum Gasteiger partial charge on any atom is 0.115 e. The molecule has 0 aromatic carbocycles. The van der Waals surface area contributed by atoms with Crippen LogP contribution in [0, 0.1) is 11.8 Å². The molecule has 6 unspecified atom stereocenters. The number of rotatable bonds is 4. The largest absolute Gasteiger partial charge is 0.372 e. The lowest BCUT2D eigenvalue weighted by Gasteiger charge is -2.25. The van der Waals surface area contributed by atoms with Gasteiger partial charge in [0.1, 0.15) is 7.34 Å². The molecule has 4 nitrogen and oxygen atoms in total. The van der Waals surface area contributed by atoms with E-state index in [0.717, 1.165) is 6.42 Å². The highest BCUT2D eigenvalue weighted by atomic mass is 31.2. The second-order valence-electron chi connectivity index (χ2n) is 6.56. The maximum atomic E-state index is 9.66. The third kappa shape index (κ3) is 3.56. The van der Waals surface area contributed by atoms with Crippen LogP contribution < -0.4 is 0 Å². The van der Waals surface area contributed by atoms with Crippen LogP contribution in [-0.4, -0.2) is 59.7 Å². The predicted octanol–water partition coefficient (Wildman–Crippen LogP) is 2.07. The van der Waals surface area contributed by atoms with Gasteiger partial charge in [0.15, 0.2) is 0 Å². The van der Waals surface area contributed by atoms with E-state index in [1.54, 1.807) is 0 Å². The lowest BCUT2D eigenvalue weighted by atomic mass is 9.96. The summed E-state index contributed by atoms with van der Waals surface area (Å²) in [6, 6.07) is 0. The third-order valence-corrected chi connectivity index (χ3v) is 6.51. The molecule has 1 aliphatic heterocycles. The van der Waals surface area contributed by atoms with Gasteiger partial charge in [-0.3, -0.25) is 0 Å². The Kier molecular flexibility index (Phi) is 4.18. The summed E-state index contributed by atoms with van der Waals surface area (Å²) in [5, 5.41) is 0. The van der Waals surface area contributed by atoms with Gasteiger partial charge in [0.25, 0.3) is 0 Å². The summed E-state index contributed by atoms with van der Waals surface area (Å²) in [6.45, 7) is 8.25. The molecular weight excluding hydrogens is 282 g/mol. The summed E-state index contributed by atoms with van der Waals surface area (Å²) >= 11 is 0. The summed E-state index contributed by atoms with van der Waals surface area (Å²) in [6.07, 6.45) is 8.56. The average molecular weight is 308 g/mol. The predicted molar refractivity (Wildman–Crippen MR) is 84.6 cm³/mol. The van der Waals surface area contributed by atoms with E-state index in [-0.39, 0.29) is 35.8 Å². The molecule has 6 atom stereocenters. The summed E-state index contributed by atoms with van der Waals surface area (Å²) in [5.74, 6) is 0.482. The van der Waals surface area contributed by atoms with Crippen LogP contribution in [0.15, 0.2) is 0 Å². The molecule has 112 valence electrons. The Balaban J connectivity index is 2.03. The molecule has 1 saturated heterocycles. The molecule has 2 N–H and O–H groups in total. The van der Waals surface area contributed by atoms with E-state index in [9.17, 15) is 9.79 Å². The van der Waals surface area contributed by atoms with E-state index in [2.05, 4.69) is 19.5 Å². The first-order valence-electron chi connectivity index (χ1n) is 6.71. The Bertz CT molecular complexity index is 438. The number of ether oxygens (including phenoxy) is 1. The van der Waals surface area contributed by atoms with Gasteiger partial charge in [0.05, 0.1) is 18.3 Å². The molecule has 2 rings (SSSR count). The van der Waals surface area contributed by atoms with Crippen molar-refractivity contribution in [2.45, 2.75) is 44.2 Å². The molecule has 0 spiro atoms. The van der Waals surface area contributed by atoms with Crippen molar-refractivity contribution in [3.63, 3.8) is 0 Å². The molecule has 0 bridgehead atoms. The van der Waals surface area contributed by atoms with Crippen molar-refractivity contribution in [1.82, 2.24) is 0 Å². The fraction of sp³-hybridized carbons (Fsp3) is 0.846. The van der Waals surface area contributed by atoms with Gasteiger partial charge >= 0.3 is 0 Å². The average Bonchev–Trinajstić information content (AvgIpc) is 2.94. The van der Waals surface area contributed by atoms with Crippen LogP contribution >= 0.6 is 14.5 Å². The normalized spacial score (nSPS) is 43.5. The fourth-order valence-corrected chi connectivity index (χ4v) is 5.48. The van der Waals surface area contributed by atoms with Gasteiger partial charge in [0, 0.05) is 11.6 Å². The minimum absolute atomic E-state index is 0.0391. The highest BCUT2D eigenvalue weighted by Crippen LogP contribution is 2.61. The zero-order valence-corrected chi connectivity index (χ0v) is 14.0. The lowest BCUT2D eigenvalue weighted by Crippen LogP contribution is -2.27. The first-order chi connectivity index (χ1) is 8.50. The van der Waals surface area contributed by atoms with E-state index in [4.69, 9.17) is 9.26 Å². The molecule has 1 aliphatic carbocycles.